The van der Waals surface area contributed by atoms with Crippen molar-refractivity contribution >= 4 is 18.3 Å². The molecule has 0 aliphatic rings. The lowest BCUT2D eigenvalue weighted by molar-refractivity contribution is -0.104. The zero-order valence-electron chi connectivity index (χ0n) is 7.41. The number of aromatic carboxylic acids is 1. The monoisotopic (exact) mass is 212 g/mol. The van der Waals surface area contributed by atoms with Gasteiger partial charge in [0, 0.05) is 5.56 Å². The molecule has 0 aromatic heterocycles. The summed E-state index contributed by atoms with van der Waals surface area (Å²) in [5, 5.41) is 8.52. The molecule has 78 valence electrons. The van der Waals surface area contributed by atoms with Crippen molar-refractivity contribution in [2.45, 2.75) is 0 Å². The standard InChI is InChI=1S/C10H6F2O3/c11-7-4-3-6(2-1-5-13)9(12)8(7)10(14)15/h1-5H,(H,14,15). The van der Waals surface area contributed by atoms with Crippen LogP contribution in [0.2, 0.25) is 0 Å². The van der Waals surface area contributed by atoms with Gasteiger partial charge in [0.1, 0.15) is 23.5 Å². The second-order valence-corrected chi connectivity index (χ2v) is 2.63. The number of hydrogen-bond donors (Lipinski definition) is 1. The van der Waals surface area contributed by atoms with Crippen LogP contribution < -0.4 is 0 Å². The first-order valence-electron chi connectivity index (χ1n) is 3.91. The van der Waals surface area contributed by atoms with E-state index in [1.54, 1.807) is 0 Å². The molecule has 0 spiro atoms. The van der Waals surface area contributed by atoms with Gasteiger partial charge < -0.3 is 5.11 Å². The maximum atomic E-state index is 13.3. The molecule has 1 aromatic rings. The van der Waals surface area contributed by atoms with Crippen molar-refractivity contribution in [3.63, 3.8) is 0 Å². The normalized spacial score (nSPS) is 10.5. The predicted octanol–water partition coefficient (Wildman–Crippen LogP) is 1.88. The summed E-state index contributed by atoms with van der Waals surface area (Å²) in [6.45, 7) is 0. The van der Waals surface area contributed by atoms with E-state index in [0.717, 1.165) is 24.3 Å². The van der Waals surface area contributed by atoms with Gasteiger partial charge in [-0.25, -0.2) is 13.6 Å². The lowest BCUT2D eigenvalue weighted by Gasteiger charge is -2.02. The van der Waals surface area contributed by atoms with Crippen LogP contribution in [0.4, 0.5) is 8.78 Å². The fourth-order valence-corrected chi connectivity index (χ4v) is 1.04. The third-order valence-electron chi connectivity index (χ3n) is 1.69. The first-order chi connectivity index (χ1) is 7.07. The van der Waals surface area contributed by atoms with Crippen LogP contribution in [0.5, 0.6) is 0 Å². The summed E-state index contributed by atoms with van der Waals surface area (Å²) in [4.78, 5) is 20.5. The number of rotatable bonds is 3. The van der Waals surface area contributed by atoms with Crippen molar-refractivity contribution < 1.29 is 23.5 Å². The highest BCUT2D eigenvalue weighted by Crippen LogP contribution is 2.17. The van der Waals surface area contributed by atoms with Gasteiger partial charge in [0.05, 0.1) is 0 Å². The first-order valence-corrected chi connectivity index (χ1v) is 3.91. The second-order valence-electron chi connectivity index (χ2n) is 2.63. The van der Waals surface area contributed by atoms with Gasteiger partial charge in [0.25, 0.3) is 0 Å². The van der Waals surface area contributed by atoms with Crippen LogP contribution in [-0.2, 0) is 4.79 Å². The third-order valence-corrected chi connectivity index (χ3v) is 1.69. The number of carbonyl (C=O) groups excluding carboxylic acids is 1. The molecule has 0 bridgehead atoms. The number of carbonyl (C=O) groups is 2. The number of allylic oxidation sites excluding steroid dienone is 1. The van der Waals surface area contributed by atoms with E-state index in [2.05, 4.69) is 0 Å². The summed E-state index contributed by atoms with van der Waals surface area (Å²) in [6, 6.07) is 1.88. The Labute approximate surface area is 83.6 Å². The van der Waals surface area contributed by atoms with Crippen LogP contribution in [0, 0.1) is 11.6 Å². The average molecular weight is 212 g/mol. The predicted molar refractivity (Wildman–Crippen MR) is 48.4 cm³/mol. The molecular weight excluding hydrogens is 206 g/mol. The van der Waals surface area contributed by atoms with Crippen LogP contribution in [-0.4, -0.2) is 17.4 Å². The topological polar surface area (TPSA) is 54.4 Å². The Kier molecular flexibility index (Phi) is 3.28. The molecule has 1 aromatic carbocycles. The summed E-state index contributed by atoms with van der Waals surface area (Å²) in [5.74, 6) is -4.03. The minimum atomic E-state index is -1.69. The molecule has 0 saturated heterocycles. The fourth-order valence-electron chi connectivity index (χ4n) is 1.04. The highest BCUT2D eigenvalue weighted by Gasteiger charge is 2.18. The molecular formula is C10H6F2O3. The smallest absolute Gasteiger partial charge is 0.341 e. The van der Waals surface area contributed by atoms with E-state index < -0.39 is 23.2 Å². The fraction of sp³-hybridized carbons (Fsp3) is 0. The van der Waals surface area contributed by atoms with E-state index in [4.69, 9.17) is 5.11 Å². The van der Waals surface area contributed by atoms with Crippen molar-refractivity contribution in [3.8, 4) is 0 Å². The van der Waals surface area contributed by atoms with Crippen LogP contribution in [0.1, 0.15) is 15.9 Å². The van der Waals surface area contributed by atoms with E-state index in [1.165, 1.54) is 0 Å². The molecule has 0 unspecified atom stereocenters. The van der Waals surface area contributed by atoms with E-state index >= 15 is 0 Å². The van der Waals surface area contributed by atoms with Crippen LogP contribution in [0.25, 0.3) is 6.08 Å². The van der Waals surface area contributed by atoms with E-state index in [1.807, 2.05) is 0 Å². The van der Waals surface area contributed by atoms with Crippen molar-refractivity contribution in [2.24, 2.45) is 0 Å². The summed E-state index contributed by atoms with van der Waals surface area (Å²) < 4.78 is 26.2. The van der Waals surface area contributed by atoms with Gasteiger partial charge in [0.15, 0.2) is 0 Å². The minimum absolute atomic E-state index is 0.152. The lowest BCUT2D eigenvalue weighted by Crippen LogP contribution is -2.05. The van der Waals surface area contributed by atoms with Gasteiger partial charge in [-0.15, -0.1) is 0 Å². The lowest BCUT2D eigenvalue weighted by atomic mass is 10.1. The molecule has 0 aliphatic carbocycles. The molecule has 0 radical (unpaired) electrons. The van der Waals surface area contributed by atoms with Crippen LogP contribution in [0.3, 0.4) is 0 Å². The average Bonchev–Trinajstić information content (AvgIpc) is 2.16. The summed E-state index contributed by atoms with van der Waals surface area (Å²) in [5.41, 5.74) is -1.18. The molecule has 1 rings (SSSR count). The highest BCUT2D eigenvalue weighted by molar-refractivity contribution is 5.89. The summed E-state index contributed by atoms with van der Waals surface area (Å²) >= 11 is 0. The number of halogens is 2. The molecule has 0 amide bonds. The van der Waals surface area contributed by atoms with Gasteiger partial charge in [-0.05, 0) is 24.3 Å². The molecule has 0 atom stereocenters. The molecule has 0 aliphatic heterocycles. The van der Waals surface area contributed by atoms with E-state index in [-0.39, 0.29) is 5.56 Å². The van der Waals surface area contributed by atoms with Gasteiger partial charge in [-0.1, -0.05) is 0 Å². The number of hydrogen-bond acceptors (Lipinski definition) is 2. The molecule has 0 fully saturated rings. The molecule has 1 N–H and O–H groups in total. The summed E-state index contributed by atoms with van der Waals surface area (Å²) in [7, 11) is 0. The Morgan fingerprint density at radius 3 is 2.53 bits per heavy atom. The van der Waals surface area contributed by atoms with Crippen molar-refractivity contribution in [1.82, 2.24) is 0 Å². The Bertz CT molecular complexity index is 439. The molecule has 0 saturated carbocycles. The minimum Gasteiger partial charge on any atom is -0.477 e. The van der Waals surface area contributed by atoms with Gasteiger partial charge in [0.2, 0.25) is 0 Å². The van der Waals surface area contributed by atoms with E-state index in [0.29, 0.717) is 6.29 Å². The van der Waals surface area contributed by atoms with Gasteiger partial charge >= 0.3 is 5.97 Å². The maximum Gasteiger partial charge on any atom is 0.341 e. The number of aldehydes is 1. The SMILES string of the molecule is O=CC=Cc1ccc(F)c(C(=O)O)c1F. The largest absolute Gasteiger partial charge is 0.477 e. The number of carboxylic acids is 1. The Balaban J connectivity index is 3.34. The third kappa shape index (κ3) is 2.25. The van der Waals surface area contributed by atoms with Gasteiger partial charge in [-0.2, -0.15) is 0 Å². The Morgan fingerprint density at radius 1 is 1.33 bits per heavy atom. The second kappa shape index (κ2) is 4.45. The van der Waals surface area contributed by atoms with E-state index in [9.17, 15) is 18.4 Å². The molecule has 15 heavy (non-hydrogen) atoms. The molecule has 3 nitrogen and oxygen atoms in total. The zero-order chi connectivity index (χ0) is 11.4. The van der Waals surface area contributed by atoms with Gasteiger partial charge in [-0.3, -0.25) is 4.79 Å². The first kappa shape index (κ1) is 11.0. The molecule has 5 heteroatoms. The Hall–Kier alpha value is -2.04. The van der Waals surface area contributed by atoms with Crippen molar-refractivity contribution in [1.29, 1.82) is 0 Å². The Morgan fingerprint density at radius 2 is 2.00 bits per heavy atom. The van der Waals surface area contributed by atoms with Crippen molar-refractivity contribution in [3.05, 3.63) is 41.0 Å². The maximum absolute atomic E-state index is 13.3. The quantitative estimate of drug-likeness (QED) is 0.614. The highest BCUT2D eigenvalue weighted by atomic mass is 19.1. The summed E-state index contributed by atoms with van der Waals surface area (Å²) in [6.07, 6.45) is 2.46. The van der Waals surface area contributed by atoms with Crippen molar-refractivity contribution in [2.75, 3.05) is 0 Å². The number of benzene rings is 1. The zero-order valence-corrected chi connectivity index (χ0v) is 7.41. The van der Waals surface area contributed by atoms with Crippen LogP contribution in [0.15, 0.2) is 18.2 Å². The molecule has 0 heterocycles. The van der Waals surface area contributed by atoms with Crippen LogP contribution >= 0.6 is 0 Å². The number of carboxylic acid groups (broad SMARTS) is 1.